The summed E-state index contributed by atoms with van der Waals surface area (Å²) in [6.07, 6.45) is 0.903. The Morgan fingerprint density at radius 3 is 2.30 bits per heavy atom. The smallest absolute Gasteiger partial charge is 0.137 e. The molecule has 0 unspecified atom stereocenters. The molecule has 0 heterocycles. The van der Waals surface area contributed by atoms with Crippen molar-refractivity contribution < 1.29 is 0 Å². The van der Waals surface area contributed by atoms with Crippen molar-refractivity contribution >= 4 is 34.1 Å². The number of aryl methyl sites for hydroxylation is 1. The Morgan fingerprint density at radius 1 is 1.05 bits per heavy atom. The third-order valence-electron chi connectivity index (χ3n) is 3.04. The molecule has 0 saturated heterocycles. The van der Waals surface area contributed by atoms with Gasteiger partial charge in [-0.15, -0.1) is 0 Å². The molecule has 0 N–H and O–H groups in total. The number of nitrogens with zero attached hydrogens (tertiary/aromatic N) is 1. The molecule has 0 amide bonds. The van der Waals surface area contributed by atoms with Crippen molar-refractivity contribution in [2.75, 3.05) is 0 Å². The maximum absolute atomic E-state index is 6.33. The molecule has 0 aliphatic carbocycles. The first-order valence-corrected chi connectivity index (χ1v) is 7.15. The van der Waals surface area contributed by atoms with Crippen LogP contribution in [0.3, 0.4) is 0 Å². The zero-order chi connectivity index (χ0) is 14.5. The predicted molar refractivity (Wildman–Crippen MR) is 88.7 cm³/mol. The first-order valence-electron chi connectivity index (χ1n) is 6.39. The molecule has 2 aromatic carbocycles. The summed E-state index contributed by atoms with van der Waals surface area (Å²) in [6, 6.07) is 15.4. The van der Waals surface area contributed by atoms with Gasteiger partial charge < -0.3 is 0 Å². The number of aliphatic imine (C=N–C) groups is 1. The number of hydrogen-bond donors (Lipinski definition) is 0. The summed E-state index contributed by atoms with van der Waals surface area (Å²) in [6.45, 7) is 6.04. The van der Waals surface area contributed by atoms with Crippen LogP contribution in [0, 0.1) is 0 Å². The van der Waals surface area contributed by atoms with Crippen molar-refractivity contribution in [3.63, 3.8) is 0 Å². The Hall–Kier alpha value is -1.57. The first kappa shape index (κ1) is 14.8. The van der Waals surface area contributed by atoms with Crippen molar-refractivity contribution in [2.24, 2.45) is 4.99 Å². The van der Waals surface area contributed by atoms with Crippen LogP contribution in [0.15, 0.2) is 60.1 Å². The minimum atomic E-state index is 0.437. The lowest BCUT2D eigenvalue weighted by atomic mass is 10.1. The standard InChI is InChI=1S/C17H15Cl2N/c1-3-13-8-4-5-10-15(13)17(19)20-12(2)14-9-6-7-11-16(14)18/h4-11H,2-3H2,1H3/b20-17+. The van der Waals surface area contributed by atoms with Crippen LogP contribution in [0.25, 0.3) is 5.70 Å². The van der Waals surface area contributed by atoms with Crippen LogP contribution in [0.4, 0.5) is 0 Å². The van der Waals surface area contributed by atoms with Gasteiger partial charge in [0.1, 0.15) is 5.17 Å². The third kappa shape index (κ3) is 3.30. The second kappa shape index (κ2) is 6.74. The molecule has 0 aliphatic rings. The zero-order valence-corrected chi connectivity index (χ0v) is 12.7. The highest BCUT2D eigenvalue weighted by Gasteiger charge is 2.08. The predicted octanol–water partition coefficient (Wildman–Crippen LogP) is 5.56. The molecule has 102 valence electrons. The Balaban J connectivity index is 2.35. The number of rotatable bonds is 4. The average molecular weight is 304 g/mol. The third-order valence-corrected chi connectivity index (χ3v) is 3.66. The van der Waals surface area contributed by atoms with E-state index in [2.05, 4.69) is 18.5 Å². The zero-order valence-electron chi connectivity index (χ0n) is 11.2. The van der Waals surface area contributed by atoms with Gasteiger partial charge in [0.15, 0.2) is 0 Å². The Labute approximate surface area is 129 Å². The highest BCUT2D eigenvalue weighted by atomic mass is 35.5. The average Bonchev–Trinajstić information content (AvgIpc) is 2.47. The molecule has 0 spiro atoms. The molecular formula is C17H15Cl2N. The molecule has 0 aliphatic heterocycles. The summed E-state index contributed by atoms with van der Waals surface area (Å²) < 4.78 is 0. The monoisotopic (exact) mass is 303 g/mol. The van der Waals surface area contributed by atoms with E-state index < -0.39 is 0 Å². The lowest BCUT2D eigenvalue weighted by Crippen LogP contribution is -1.98. The van der Waals surface area contributed by atoms with Crippen LogP contribution in [-0.4, -0.2) is 5.17 Å². The number of benzene rings is 2. The van der Waals surface area contributed by atoms with Gasteiger partial charge in [0.2, 0.25) is 0 Å². The molecule has 1 nitrogen and oxygen atoms in total. The minimum Gasteiger partial charge on any atom is -0.236 e. The number of hydrogen-bond acceptors (Lipinski definition) is 1. The van der Waals surface area contributed by atoms with Crippen molar-refractivity contribution in [3.05, 3.63) is 76.8 Å². The van der Waals surface area contributed by atoms with Crippen molar-refractivity contribution in [1.82, 2.24) is 0 Å². The van der Waals surface area contributed by atoms with Crippen LogP contribution < -0.4 is 0 Å². The molecule has 0 aromatic heterocycles. The Morgan fingerprint density at radius 2 is 1.65 bits per heavy atom. The second-order valence-corrected chi connectivity index (χ2v) is 5.11. The highest BCUT2D eigenvalue weighted by Crippen LogP contribution is 2.25. The Bertz CT molecular complexity index is 660. The topological polar surface area (TPSA) is 12.4 Å². The molecule has 0 bridgehead atoms. The van der Waals surface area contributed by atoms with E-state index in [1.165, 1.54) is 0 Å². The highest BCUT2D eigenvalue weighted by molar-refractivity contribution is 6.70. The minimum absolute atomic E-state index is 0.437. The van der Waals surface area contributed by atoms with Gasteiger partial charge in [0.05, 0.1) is 5.70 Å². The molecule has 0 saturated carbocycles. The summed E-state index contributed by atoms with van der Waals surface area (Å²) in [5.41, 5.74) is 3.45. The fourth-order valence-corrected chi connectivity index (χ4v) is 2.50. The summed E-state index contributed by atoms with van der Waals surface area (Å²) in [5.74, 6) is 0. The van der Waals surface area contributed by atoms with E-state index in [0.717, 1.165) is 23.1 Å². The van der Waals surface area contributed by atoms with Gasteiger partial charge in [-0.2, -0.15) is 0 Å². The van der Waals surface area contributed by atoms with Crippen molar-refractivity contribution in [1.29, 1.82) is 0 Å². The normalized spacial score (nSPS) is 11.4. The largest absolute Gasteiger partial charge is 0.236 e. The van der Waals surface area contributed by atoms with Crippen molar-refractivity contribution in [3.8, 4) is 0 Å². The fraction of sp³-hybridized carbons (Fsp3) is 0.118. The fourth-order valence-electron chi connectivity index (χ4n) is 1.96. The van der Waals surface area contributed by atoms with Crippen molar-refractivity contribution in [2.45, 2.75) is 13.3 Å². The van der Waals surface area contributed by atoms with E-state index in [1.54, 1.807) is 0 Å². The molecule has 3 heteroatoms. The van der Waals surface area contributed by atoms with E-state index in [0.29, 0.717) is 15.9 Å². The van der Waals surface area contributed by atoms with E-state index >= 15 is 0 Å². The van der Waals surface area contributed by atoms with E-state index in [4.69, 9.17) is 23.2 Å². The van der Waals surface area contributed by atoms with E-state index in [-0.39, 0.29) is 0 Å². The van der Waals surface area contributed by atoms with Gasteiger partial charge in [-0.05, 0) is 18.1 Å². The molecule has 2 aromatic rings. The molecule has 20 heavy (non-hydrogen) atoms. The van der Waals surface area contributed by atoms with Crippen LogP contribution >= 0.6 is 23.2 Å². The molecule has 0 fully saturated rings. The maximum atomic E-state index is 6.33. The van der Waals surface area contributed by atoms with Crippen LogP contribution in [-0.2, 0) is 6.42 Å². The lowest BCUT2D eigenvalue weighted by molar-refractivity contribution is 1.13. The van der Waals surface area contributed by atoms with Gasteiger partial charge in [-0.25, -0.2) is 4.99 Å². The summed E-state index contributed by atoms with van der Waals surface area (Å²) in [7, 11) is 0. The lowest BCUT2D eigenvalue weighted by Gasteiger charge is -2.07. The van der Waals surface area contributed by atoms with Gasteiger partial charge in [-0.1, -0.05) is 79.2 Å². The summed E-state index contributed by atoms with van der Waals surface area (Å²) >= 11 is 12.5. The van der Waals surface area contributed by atoms with E-state index in [1.807, 2.05) is 48.5 Å². The SMILES string of the molecule is C=C(/N=C(/Cl)c1ccccc1CC)c1ccccc1Cl. The van der Waals surface area contributed by atoms with Gasteiger partial charge in [0.25, 0.3) is 0 Å². The molecular weight excluding hydrogens is 289 g/mol. The Kier molecular flexibility index (Phi) is 4.99. The van der Waals surface area contributed by atoms with Gasteiger partial charge >= 0.3 is 0 Å². The summed E-state index contributed by atoms with van der Waals surface area (Å²) in [4.78, 5) is 4.39. The van der Waals surface area contributed by atoms with E-state index in [9.17, 15) is 0 Å². The maximum Gasteiger partial charge on any atom is 0.137 e. The summed E-state index contributed by atoms with van der Waals surface area (Å²) in [5, 5.41) is 1.06. The second-order valence-electron chi connectivity index (χ2n) is 4.34. The molecule has 0 radical (unpaired) electrons. The molecule has 2 rings (SSSR count). The van der Waals surface area contributed by atoms with Crippen LogP contribution in [0.1, 0.15) is 23.6 Å². The quantitative estimate of drug-likeness (QED) is 0.656. The van der Waals surface area contributed by atoms with Gasteiger partial charge in [-0.3, -0.25) is 0 Å². The van der Waals surface area contributed by atoms with Crippen LogP contribution in [0.5, 0.6) is 0 Å². The van der Waals surface area contributed by atoms with Gasteiger partial charge in [0, 0.05) is 16.1 Å². The molecule has 0 atom stereocenters. The first-order chi connectivity index (χ1) is 9.63. The number of halogens is 2. The van der Waals surface area contributed by atoms with Crippen LogP contribution in [0.2, 0.25) is 5.02 Å².